The van der Waals surface area contributed by atoms with Crippen molar-refractivity contribution in [2.24, 2.45) is 0 Å². The van der Waals surface area contributed by atoms with E-state index in [9.17, 15) is 13.0 Å². The second kappa shape index (κ2) is 11.7. The molecule has 0 bridgehead atoms. The van der Waals surface area contributed by atoms with Crippen LogP contribution in [0.4, 0.5) is 0 Å². The van der Waals surface area contributed by atoms with Crippen LogP contribution in [-0.2, 0) is 10.1 Å². The van der Waals surface area contributed by atoms with Gasteiger partial charge in [0, 0.05) is 0 Å². The molecule has 5 heteroatoms. The SMILES string of the molecule is CCCCCCCCCC(c1ccccc1)S(=O)(=O)[O-].[Na+]. The zero-order valence-electron chi connectivity index (χ0n) is 13.3. The average molecular weight is 320 g/mol. The van der Waals surface area contributed by atoms with Gasteiger partial charge in [-0.2, -0.15) is 0 Å². The van der Waals surface area contributed by atoms with Gasteiger partial charge in [0.2, 0.25) is 0 Å². The number of rotatable bonds is 10. The molecule has 114 valence electrons. The normalized spacial score (nSPS) is 12.7. The van der Waals surface area contributed by atoms with Gasteiger partial charge in [-0.1, -0.05) is 82.2 Å². The fourth-order valence-corrected chi connectivity index (χ4v) is 3.38. The minimum absolute atomic E-state index is 0. The molecule has 3 nitrogen and oxygen atoms in total. The minimum Gasteiger partial charge on any atom is -0.747 e. The van der Waals surface area contributed by atoms with E-state index in [4.69, 9.17) is 0 Å². The average Bonchev–Trinajstić information content (AvgIpc) is 2.41. The van der Waals surface area contributed by atoms with Crippen LogP contribution in [0.15, 0.2) is 30.3 Å². The fourth-order valence-electron chi connectivity index (χ4n) is 2.43. The molecule has 0 saturated heterocycles. The Bertz CT molecular complexity index is 460. The van der Waals surface area contributed by atoms with Gasteiger partial charge in [0.1, 0.15) is 10.1 Å². The van der Waals surface area contributed by atoms with E-state index in [2.05, 4.69) is 6.92 Å². The minimum atomic E-state index is -4.27. The molecule has 0 aliphatic rings. The number of benzene rings is 1. The predicted molar refractivity (Wildman–Crippen MR) is 81.5 cm³/mol. The third-order valence-corrected chi connectivity index (χ3v) is 4.79. The van der Waals surface area contributed by atoms with Crippen LogP contribution < -0.4 is 29.6 Å². The van der Waals surface area contributed by atoms with Gasteiger partial charge in [-0.25, -0.2) is 8.42 Å². The van der Waals surface area contributed by atoms with E-state index in [1.807, 2.05) is 6.07 Å². The van der Waals surface area contributed by atoms with Crippen LogP contribution in [0.3, 0.4) is 0 Å². The third-order valence-electron chi connectivity index (χ3n) is 3.59. The summed E-state index contributed by atoms with van der Waals surface area (Å²) in [5.74, 6) is 0. The summed E-state index contributed by atoms with van der Waals surface area (Å²) >= 11 is 0. The van der Waals surface area contributed by atoms with Crippen molar-refractivity contribution in [3.05, 3.63) is 35.9 Å². The van der Waals surface area contributed by atoms with Crippen molar-refractivity contribution in [2.75, 3.05) is 0 Å². The monoisotopic (exact) mass is 320 g/mol. The quantitative estimate of drug-likeness (QED) is 0.372. The van der Waals surface area contributed by atoms with Crippen LogP contribution in [0.5, 0.6) is 0 Å². The van der Waals surface area contributed by atoms with E-state index >= 15 is 0 Å². The Hall–Kier alpha value is 0.130. The maximum atomic E-state index is 11.4. The maximum absolute atomic E-state index is 11.4. The van der Waals surface area contributed by atoms with Crippen molar-refractivity contribution in [1.82, 2.24) is 0 Å². The van der Waals surface area contributed by atoms with Gasteiger partial charge in [-0.05, 0) is 12.0 Å². The first-order valence-corrected chi connectivity index (χ1v) is 9.02. The Kier molecular flexibility index (Phi) is 11.7. The zero-order valence-corrected chi connectivity index (χ0v) is 16.1. The molecule has 1 atom stereocenters. The Morgan fingerprint density at radius 3 is 2.00 bits per heavy atom. The van der Waals surface area contributed by atoms with Crippen LogP contribution in [0, 0.1) is 0 Å². The van der Waals surface area contributed by atoms with Crippen molar-refractivity contribution >= 4 is 10.1 Å². The van der Waals surface area contributed by atoms with Crippen LogP contribution in [0.25, 0.3) is 0 Å². The fraction of sp³-hybridized carbons (Fsp3) is 0.625. The van der Waals surface area contributed by atoms with E-state index in [1.165, 1.54) is 25.7 Å². The third kappa shape index (κ3) is 8.99. The molecular formula is C16H25NaO3S. The smallest absolute Gasteiger partial charge is 0.747 e. The first-order chi connectivity index (χ1) is 9.55. The molecule has 0 amide bonds. The van der Waals surface area contributed by atoms with Crippen LogP contribution >= 0.6 is 0 Å². The molecule has 0 fully saturated rings. The van der Waals surface area contributed by atoms with Gasteiger partial charge >= 0.3 is 29.6 Å². The molecular weight excluding hydrogens is 295 g/mol. The molecule has 0 N–H and O–H groups in total. The number of hydrogen-bond donors (Lipinski definition) is 0. The van der Waals surface area contributed by atoms with Crippen LogP contribution in [0.1, 0.15) is 69.1 Å². The van der Waals surface area contributed by atoms with E-state index in [0.29, 0.717) is 12.0 Å². The van der Waals surface area contributed by atoms with Gasteiger partial charge < -0.3 is 4.55 Å². The van der Waals surface area contributed by atoms with Gasteiger partial charge in [0.05, 0.1) is 5.25 Å². The summed E-state index contributed by atoms with van der Waals surface area (Å²) in [6.07, 6.45) is 8.30. The molecule has 0 aliphatic carbocycles. The zero-order chi connectivity index (χ0) is 14.8. The summed E-state index contributed by atoms with van der Waals surface area (Å²) < 4.78 is 34.1. The molecule has 1 aromatic carbocycles. The Balaban J connectivity index is 0.00000400. The van der Waals surface area contributed by atoms with E-state index < -0.39 is 15.4 Å². The summed E-state index contributed by atoms with van der Waals surface area (Å²) in [5.41, 5.74) is 0.619. The molecule has 21 heavy (non-hydrogen) atoms. The molecule has 1 unspecified atom stereocenters. The second-order valence-electron chi connectivity index (χ2n) is 5.30. The summed E-state index contributed by atoms with van der Waals surface area (Å²) in [5, 5.41) is -0.889. The molecule has 0 radical (unpaired) electrons. The summed E-state index contributed by atoms with van der Waals surface area (Å²) in [6, 6.07) is 8.82. The molecule has 1 rings (SSSR count). The topological polar surface area (TPSA) is 57.2 Å². The second-order valence-corrected chi connectivity index (χ2v) is 6.86. The van der Waals surface area contributed by atoms with E-state index in [-0.39, 0.29) is 29.6 Å². The molecule has 0 heterocycles. The van der Waals surface area contributed by atoms with Crippen molar-refractivity contribution in [1.29, 1.82) is 0 Å². The van der Waals surface area contributed by atoms with Gasteiger partial charge in [0.15, 0.2) is 0 Å². The molecule has 1 aromatic rings. The molecule has 0 saturated carbocycles. The van der Waals surface area contributed by atoms with Crippen LogP contribution in [-0.4, -0.2) is 13.0 Å². The Morgan fingerprint density at radius 1 is 0.952 bits per heavy atom. The first kappa shape index (κ1) is 21.1. The largest absolute Gasteiger partial charge is 1.00 e. The Morgan fingerprint density at radius 2 is 1.48 bits per heavy atom. The van der Waals surface area contributed by atoms with Crippen molar-refractivity contribution < 1.29 is 42.5 Å². The van der Waals surface area contributed by atoms with Gasteiger partial charge in [-0.3, -0.25) is 0 Å². The van der Waals surface area contributed by atoms with Crippen molar-refractivity contribution in [3.63, 3.8) is 0 Å². The molecule has 0 aromatic heterocycles. The number of hydrogen-bond acceptors (Lipinski definition) is 3. The maximum Gasteiger partial charge on any atom is 1.00 e. The Labute approximate surface area is 151 Å². The van der Waals surface area contributed by atoms with Crippen LogP contribution in [0.2, 0.25) is 0 Å². The predicted octanol–water partition coefficient (Wildman–Crippen LogP) is 1.42. The summed E-state index contributed by atoms with van der Waals surface area (Å²) in [6.45, 7) is 2.18. The first-order valence-electron chi connectivity index (χ1n) is 7.55. The summed E-state index contributed by atoms with van der Waals surface area (Å²) in [7, 11) is -4.27. The van der Waals surface area contributed by atoms with Gasteiger partial charge in [-0.15, -0.1) is 0 Å². The molecule has 0 spiro atoms. The number of unbranched alkanes of at least 4 members (excludes halogenated alkanes) is 6. The van der Waals surface area contributed by atoms with Crippen molar-refractivity contribution in [3.8, 4) is 0 Å². The summed E-state index contributed by atoms with van der Waals surface area (Å²) in [4.78, 5) is 0. The van der Waals surface area contributed by atoms with Gasteiger partial charge in [0.25, 0.3) is 0 Å². The van der Waals surface area contributed by atoms with E-state index in [0.717, 1.165) is 19.3 Å². The standard InChI is InChI=1S/C16H26O3S.Na/c1-2-3-4-5-6-7-11-14-16(20(17,18)19)15-12-9-8-10-13-15;/h8-10,12-13,16H,2-7,11,14H2,1H3,(H,17,18,19);/q;+1/p-1. The van der Waals surface area contributed by atoms with E-state index in [1.54, 1.807) is 24.3 Å². The van der Waals surface area contributed by atoms with Crippen molar-refractivity contribution in [2.45, 2.75) is 63.5 Å². The molecule has 0 aliphatic heterocycles.